The van der Waals surface area contributed by atoms with Crippen molar-refractivity contribution in [3.05, 3.63) is 54.1 Å². The van der Waals surface area contributed by atoms with E-state index in [-0.39, 0.29) is 11.9 Å². The smallest absolute Gasteiger partial charge is 0.321 e. The zero-order chi connectivity index (χ0) is 22.1. The minimum absolute atomic E-state index is 0.0711. The largest absolute Gasteiger partial charge is 0.497 e. The number of ether oxygens (including phenoxy) is 2. The molecule has 1 aliphatic heterocycles. The number of carbonyl (C=O) groups excluding carboxylic acids is 2. The number of methoxy groups -OCH3 is 1. The molecule has 7 heteroatoms. The van der Waals surface area contributed by atoms with E-state index in [4.69, 9.17) is 9.47 Å². The zero-order valence-electron chi connectivity index (χ0n) is 18.2. The number of likely N-dealkylation sites (tertiary alicyclic amines) is 1. The maximum atomic E-state index is 12.4. The average molecular weight is 426 g/mol. The minimum atomic E-state index is -0.617. The molecule has 2 aromatic rings. The molecule has 0 bridgehead atoms. The highest BCUT2D eigenvalue weighted by molar-refractivity contribution is 5.94. The van der Waals surface area contributed by atoms with Crippen LogP contribution in [-0.2, 0) is 16.1 Å². The molecule has 166 valence electrons. The molecule has 1 heterocycles. The number of hydrogen-bond acceptors (Lipinski definition) is 4. The maximum Gasteiger partial charge on any atom is 0.321 e. The van der Waals surface area contributed by atoms with E-state index >= 15 is 0 Å². The third-order valence-electron chi connectivity index (χ3n) is 5.30. The van der Waals surface area contributed by atoms with Crippen molar-refractivity contribution in [3.8, 4) is 5.75 Å². The van der Waals surface area contributed by atoms with Gasteiger partial charge in [-0.15, -0.1) is 0 Å². The third kappa shape index (κ3) is 7.00. The van der Waals surface area contributed by atoms with Crippen LogP contribution < -0.4 is 15.4 Å². The highest BCUT2D eigenvalue weighted by Gasteiger charge is 2.16. The normalized spacial score (nSPS) is 15.0. The number of anilines is 2. The van der Waals surface area contributed by atoms with Gasteiger partial charge in [0.05, 0.1) is 13.7 Å². The molecule has 1 unspecified atom stereocenters. The molecule has 31 heavy (non-hydrogen) atoms. The van der Waals surface area contributed by atoms with Crippen LogP contribution in [-0.4, -0.2) is 43.1 Å². The van der Waals surface area contributed by atoms with E-state index in [1.54, 1.807) is 38.3 Å². The van der Waals surface area contributed by atoms with Crippen molar-refractivity contribution in [2.24, 2.45) is 0 Å². The van der Waals surface area contributed by atoms with Crippen molar-refractivity contribution in [2.45, 2.75) is 45.3 Å². The van der Waals surface area contributed by atoms with Crippen molar-refractivity contribution in [2.75, 3.05) is 30.8 Å². The summed E-state index contributed by atoms with van der Waals surface area (Å²) in [4.78, 5) is 26.7. The first-order valence-corrected chi connectivity index (χ1v) is 10.8. The number of rotatable bonds is 7. The molecule has 2 aromatic carbocycles. The quantitative estimate of drug-likeness (QED) is 0.677. The van der Waals surface area contributed by atoms with Crippen LogP contribution in [0.15, 0.2) is 48.5 Å². The van der Waals surface area contributed by atoms with E-state index in [1.807, 2.05) is 29.2 Å². The number of urea groups is 1. The van der Waals surface area contributed by atoms with Gasteiger partial charge >= 0.3 is 6.03 Å². The Kier molecular flexibility index (Phi) is 8.29. The van der Waals surface area contributed by atoms with Gasteiger partial charge < -0.3 is 25.0 Å². The molecule has 7 nitrogen and oxygen atoms in total. The van der Waals surface area contributed by atoms with Crippen LogP contribution >= 0.6 is 0 Å². The number of benzene rings is 2. The molecule has 0 radical (unpaired) electrons. The highest BCUT2D eigenvalue weighted by Crippen LogP contribution is 2.17. The molecule has 1 atom stereocenters. The number of hydrogen-bond donors (Lipinski definition) is 2. The summed E-state index contributed by atoms with van der Waals surface area (Å²) in [5.74, 6) is 0.519. The predicted molar refractivity (Wildman–Crippen MR) is 121 cm³/mol. The van der Waals surface area contributed by atoms with Crippen molar-refractivity contribution in [1.29, 1.82) is 0 Å². The van der Waals surface area contributed by atoms with Gasteiger partial charge in [0.15, 0.2) is 0 Å². The number of nitrogens with zero attached hydrogens (tertiary/aromatic N) is 1. The van der Waals surface area contributed by atoms with Gasteiger partial charge in [-0.3, -0.25) is 4.79 Å². The van der Waals surface area contributed by atoms with Gasteiger partial charge in [-0.2, -0.15) is 0 Å². The van der Waals surface area contributed by atoms with Crippen LogP contribution in [0.2, 0.25) is 0 Å². The Hall–Kier alpha value is -3.06. The Balaban J connectivity index is 1.46. The van der Waals surface area contributed by atoms with Crippen LogP contribution in [0.1, 0.15) is 38.2 Å². The van der Waals surface area contributed by atoms with Crippen LogP contribution in [0, 0.1) is 0 Å². The van der Waals surface area contributed by atoms with E-state index < -0.39 is 6.10 Å². The van der Waals surface area contributed by atoms with Gasteiger partial charge in [0.1, 0.15) is 11.9 Å². The Morgan fingerprint density at radius 3 is 2.26 bits per heavy atom. The molecule has 0 spiro atoms. The lowest BCUT2D eigenvalue weighted by atomic mass is 10.2. The Labute approximate surface area is 183 Å². The van der Waals surface area contributed by atoms with E-state index in [9.17, 15) is 9.59 Å². The van der Waals surface area contributed by atoms with Crippen molar-refractivity contribution in [1.82, 2.24) is 4.90 Å². The lowest BCUT2D eigenvalue weighted by Crippen LogP contribution is -2.35. The second-order valence-electron chi connectivity index (χ2n) is 7.70. The second kappa shape index (κ2) is 11.4. The van der Waals surface area contributed by atoms with Crippen LogP contribution in [0.5, 0.6) is 5.75 Å². The fraction of sp³-hybridized carbons (Fsp3) is 0.417. The number of amides is 3. The summed E-state index contributed by atoms with van der Waals surface area (Å²) in [6.07, 6.45) is 3.85. The first-order chi connectivity index (χ1) is 15.0. The minimum Gasteiger partial charge on any atom is -0.497 e. The predicted octanol–water partition coefficient (Wildman–Crippen LogP) is 4.65. The van der Waals surface area contributed by atoms with Gasteiger partial charge in [-0.05, 0) is 61.7 Å². The van der Waals surface area contributed by atoms with Crippen molar-refractivity contribution < 1.29 is 19.1 Å². The van der Waals surface area contributed by atoms with E-state index in [0.717, 1.165) is 37.2 Å². The summed E-state index contributed by atoms with van der Waals surface area (Å²) in [5.41, 5.74) is 2.28. The molecule has 1 saturated heterocycles. The molecule has 2 N–H and O–H groups in total. The summed E-state index contributed by atoms with van der Waals surface area (Å²) in [5, 5.41) is 5.77. The van der Waals surface area contributed by atoms with E-state index in [0.29, 0.717) is 18.0 Å². The van der Waals surface area contributed by atoms with Gasteiger partial charge in [0, 0.05) is 24.5 Å². The van der Waals surface area contributed by atoms with Gasteiger partial charge in [0.2, 0.25) is 0 Å². The standard InChI is InChI=1S/C24H31N3O4/c1-18(31-17-19-8-7-9-22(16-19)30-2)23(28)25-20-10-12-21(13-11-20)26-24(29)27-14-5-3-4-6-15-27/h7-13,16,18H,3-6,14-15,17H2,1-2H3,(H,25,28)(H,26,29). The lowest BCUT2D eigenvalue weighted by Gasteiger charge is -2.21. The second-order valence-corrected chi connectivity index (χ2v) is 7.70. The zero-order valence-corrected chi connectivity index (χ0v) is 18.2. The summed E-state index contributed by atoms with van der Waals surface area (Å²) < 4.78 is 10.9. The molecular formula is C24H31N3O4. The summed E-state index contributed by atoms with van der Waals surface area (Å²) >= 11 is 0. The monoisotopic (exact) mass is 425 g/mol. The Morgan fingerprint density at radius 2 is 1.61 bits per heavy atom. The summed E-state index contributed by atoms with van der Waals surface area (Å²) in [6.45, 7) is 3.62. The fourth-order valence-corrected chi connectivity index (χ4v) is 3.42. The maximum absolute atomic E-state index is 12.4. The average Bonchev–Trinajstić information content (AvgIpc) is 3.08. The highest BCUT2D eigenvalue weighted by atomic mass is 16.5. The number of nitrogens with one attached hydrogen (secondary N) is 2. The molecular weight excluding hydrogens is 394 g/mol. The van der Waals surface area contributed by atoms with Crippen LogP contribution in [0.4, 0.5) is 16.2 Å². The topological polar surface area (TPSA) is 79.9 Å². The molecule has 3 amide bonds. The fourth-order valence-electron chi connectivity index (χ4n) is 3.42. The summed E-state index contributed by atoms with van der Waals surface area (Å²) in [7, 11) is 1.61. The van der Waals surface area contributed by atoms with Gasteiger partial charge in [-0.1, -0.05) is 25.0 Å². The summed E-state index contributed by atoms with van der Waals surface area (Å²) in [6, 6.07) is 14.6. The third-order valence-corrected chi connectivity index (χ3v) is 5.30. The van der Waals surface area contributed by atoms with Crippen LogP contribution in [0.25, 0.3) is 0 Å². The molecule has 0 aromatic heterocycles. The molecule has 0 aliphatic carbocycles. The number of carbonyl (C=O) groups is 2. The first kappa shape index (κ1) is 22.6. The Bertz CT molecular complexity index is 861. The van der Waals surface area contributed by atoms with Gasteiger partial charge in [-0.25, -0.2) is 4.79 Å². The van der Waals surface area contributed by atoms with Crippen molar-refractivity contribution >= 4 is 23.3 Å². The first-order valence-electron chi connectivity index (χ1n) is 10.8. The SMILES string of the molecule is COc1cccc(COC(C)C(=O)Nc2ccc(NC(=O)N3CCCCCC3)cc2)c1. The molecule has 1 aliphatic rings. The lowest BCUT2D eigenvalue weighted by molar-refractivity contribution is -0.127. The van der Waals surface area contributed by atoms with Crippen molar-refractivity contribution in [3.63, 3.8) is 0 Å². The molecule has 3 rings (SSSR count). The molecule has 0 saturated carbocycles. The van der Waals surface area contributed by atoms with E-state index in [2.05, 4.69) is 10.6 Å². The Morgan fingerprint density at radius 1 is 0.968 bits per heavy atom. The van der Waals surface area contributed by atoms with Crippen LogP contribution in [0.3, 0.4) is 0 Å². The van der Waals surface area contributed by atoms with Gasteiger partial charge in [0.25, 0.3) is 5.91 Å². The molecule has 1 fully saturated rings. The van der Waals surface area contributed by atoms with E-state index in [1.165, 1.54) is 12.8 Å².